The van der Waals surface area contributed by atoms with Gasteiger partial charge >= 0.3 is 33.0 Å². The number of piperazine rings is 3. The molecular formula is C20H41F6I2N2P. The Morgan fingerprint density at radius 3 is 1.23 bits per heavy atom. The Morgan fingerprint density at radius 2 is 0.903 bits per heavy atom. The van der Waals surface area contributed by atoms with Crippen LogP contribution in [0.15, 0.2) is 0 Å². The Balaban J connectivity index is 0.000000852. The molecular weight excluding hydrogens is 667 g/mol. The predicted molar refractivity (Wildman–Crippen MR) is 139 cm³/mol. The molecule has 0 saturated carbocycles. The summed E-state index contributed by atoms with van der Waals surface area (Å²) in [6.07, 6.45) is 17.7. The van der Waals surface area contributed by atoms with Crippen LogP contribution in [0.4, 0.5) is 25.2 Å². The molecule has 0 amide bonds. The van der Waals surface area contributed by atoms with E-state index in [2.05, 4.69) is 49.1 Å². The molecule has 3 rings (SSSR count). The number of unbranched alkanes of at least 4 members (excludes halogenated alkanes) is 11. The van der Waals surface area contributed by atoms with Gasteiger partial charge in [0.25, 0.3) is 0 Å². The van der Waals surface area contributed by atoms with Crippen molar-refractivity contribution >= 4 is 45.0 Å². The fourth-order valence-electron chi connectivity index (χ4n) is 4.36. The van der Waals surface area contributed by atoms with Crippen molar-refractivity contribution in [2.75, 3.05) is 45.8 Å². The molecule has 0 unspecified atom stereocenters. The summed E-state index contributed by atoms with van der Waals surface area (Å²) in [4.78, 5) is 2.66. The first kappa shape index (κ1) is 32.4. The van der Waals surface area contributed by atoms with Gasteiger partial charge in [-0.3, -0.25) is 4.90 Å². The van der Waals surface area contributed by atoms with E-state index in [0.29, 0.717) is 0 Å². The van der Waals surface area contributed by atoms with Gasteiger partial charge < -0.3 is 4.48 Å². The van der Waals surface area contributed by atoms with Crippen LogP contribution in [0.5, 0.6) is 0 Å². The number of rotatable bonds is 13. The van der Waals surface area contributed by atoms with Gasteiger partial charge in [0.2, 0.25) is 0 Å². The number of hydrogen-bond acceptors (Lipinski definition) is 1. The van der Waals surface area contributed by atoms with Crippen molar-refractivity contribution in [2.24, 2.45) is 0 Å². The maximum absolute atomic E-state index is 10.7. The Bertz CT molecular complexity index is 432. The molecule has 2 bridgehead atoms. The molecule has 2 nitrogen and oxygen atoms in total. The van der Waals surface area contributed by atoms with Crippen molar-refractivity contribution in [3.63, 3.8) is 0 Å². The summed E-state index contributed by atoms with van der Waals surface area (Å²) in [7, 11) is -10.7. The summed E-state index contributed by atoms with van der Waals surface area (Å²) in [5, 5.41) is 0. The van der Waals surface area contributed by atoms with E-state index in [4.69, 9.17) is 0 Å². The third-order valence-corrected chi connectivity index (χ3v) is 6.16. The van der Waals surface area contributed by atoms with Crippen LogP contribution in [0, 0.1) is 0 Å². The van der Waals surface area contributed by atoms with Crippen molar-refractivity contribution in [2.45, 2.75) is 84.0 Å². The molecule has 3 aliphatic heterocycles. The second-order valence-electron chi connectivity index (χ2n) is 8.93. The standard InChI is InChI=1S/C20H41N2.F6P.I2/c1-2-3-4-5-6-7-8-9-10-11-12-13-17-22-18-14-21(15-19-22)16-20-22;1-7(2,3,4,5)6;1-2/h2-20H2,1H3;;/q+1;-1;. The Kier molecular flexibility index (Phi) is 15.4. The largest absolute Gasteiger partial charge is 0 e. The van der Waals surface area contributed by atoms with Crippen molar-refractivity contribution in [1.29, 1.82) is 0 Å². The predicted octanol–water partition coefficient (Wildman–Crippen LogP) is 9.99. The average molecular weight is 708 g/mol. The van der Waals surface area contributed by atoms with Gasteiger partial charge in [0.05, 0.1) is 26.2 Å². The van der Waals surface area contributed by atoms with Crippen LogP contribution in [0.3, 0.4) is 0 Å². The normalized spacial score (nSPS) is 24.9. The van der Waals surface area contributed by atoms with Gasteiger partial charge in [0.1, 0.15) is 0 Å². The Hall–Kier alpha value is 1.39. The molecule has 0 aromatic carbocycles. The number of fused-ring (bicyclic) bond motifs is 3. The molecule has 0 aliphatic carbocycles. The van der Waals surface area contributed by atoms with E-state index in [1.165, 1.54) is 127 Å². The van der Waals surface area contributed by atoms with Gasteiger partial charge in [-0.15, -0.1) is 0 Å². The third-order valence-electron chi connectivity index (χ3n) is 6.16. The minimum Gasteiger partial charge on any atom is 0 e. The van der Waals surface area contributed by atoms with Crippen LogP contribution in [0.25, 0.3) is 0 Å². The summed E-state index contributed by atoms with van der Waals surface area (Å²) in [5.74, 6) is 0. The first-order chi connectivity index (χ1) is 14.3. The van der Waals surface area contributed by atoms with Crippen LogP contribution < -0.4 is 0 Å². The monoisotopic (exact) mass is 708 g/mol. The number of quaternary nitrogens is 1. The van der Waals surface area contributed by atoms with Crippen LogP contribution >= 0.6 is 45.0 Å². The smallest absolute Gasteiger partial charge is 0 e. The Morgan fingerprint density at radius 1 is 0.613 bits per heavy atom. The second-order valence-corrected chi connectivity index (χ2v) is 10.8. The van der Waals surface area contributed by atoms with Crippen LogP contribution in [-0.4, -0.2) is 55.2 Å². The molecule has 0 atom stereocenters. The summed E-state index contributed by atoms with van der Waals surface area (Å²) < 4.78 is 60.7. The van der Waals surface area contributed by atoms with Crippen LogP contribution in [0.1, 0.15) is 84.0 Å². The molecule has 31 heavy (non-hydrogen) atoms. The quantitative estimate of drug-likeness (QED) is 0.0606. The minimum atomic E-state index is -10.7. The first-order valence-electron chi connectivity index (χ1n) is 11.6. The zero-order valence-corrected chi connectivity index (χ0v) is 24.0. The molecule has 0 N–H and O–H groups in total. The van der Waals surface area contributed by atoms with Gasteiger partial charge in [-0.1, -0.05) is 71.1 Å². The third kappa shape index (κ3) is 22.9. The van der Waals surface area contributed by atoms with E-state index in [1.807, 2.05) is 0 Å². The van der Waals surface area contributed by atoms with E-state index in [-0.39, 0.29) is 0 Å². The zero-order valence-electron chi connectivity index (χ0n) is 18.8. The summed E-state index contributed by atoms with van der Waals surface area (Å²) in [6.45, 7) is 12.2. The molecule has 0 spiro atoms. The van der Waals surface area contributed by atoms with Crippen molar-refractivity contribution < 1.29 is 29.7 Å². The molecule has 0 radical (unpaired) electrons. The van der Waals surface area contributed by atoms with Gasteiger partial charge in [-0.25, -0.2) is 0 Å². The van der Waals surface area contributed by atoms with E-state index in [0.717, 1.165) is 0 Å². The van der Waals surface area contributed by atoms with Gasteiger partial charge in [0.15, 0.2) is 0 Å². The van der Waals surface area contributed by atoms with Gasteiger partial charge in [-0.2, -0.15) is 0 Å². The van der Waals surface area contributed by atoms with Crippen LogP contribution in [-0.2, 0) is 0 Å². The van der Waals surface area contributed by atoms with Crippen molar-refractivity contribution in [3.05, 3.63) is 0 Å². The maximum atomic E-state index is 9.87. The zero-order chi connectivity index (χ0) is 23.9. The molecule has 3 aliphatic rings. The fourth-order valence-corrected chi connectivity index (χ4v) is 4.36. The fraction of sp³-hybridized carbons (Fsp3) is 1.00. The van der Waals surface area contributed by atoms with E-state index >= 15 is 0 Å². The molecule has 3 fully saturated rings. The minimum absolute atomic E-state index is 1.37. The summed E-state index contributed by atoms with van der Waals surface area (Å²) in [5.41, 5.74) is 0. The summed E-state index contributed by atoms with van der Waals surface area (Å²) >= 11 is 4.24. The summed E-state index contributed by atoms with van der Waals surface area (Å²) in [6, 6.07) is 0. The SMILES string of the molecule is CCCCCCCCCCCCCC[N+]12CCN(CC1)CC2.F[P-](F)(F)(F)(F)F.II. The molecule has 3 heterocycles. The van der Waals surface area contributed by atoms with Gasteiger partial charge in [0, 0.05) is 56.9 Å². The van der Waals surface area contributed by atoms with E-state index in [1.54, 1.807) is 0 Å². The average Bonchev–Trinajstić information content (AvgIpc) is 2.69. The van der Waals surface area contributed by atoms with Crippen molar-refractivity contribution in [1.82, 2.24) is 4.90 Å². The number of hydrogen-bond donors (Lipinski definition) is 0. The van der Waals surface area contributed by atoms with Crippen molar-refractivity contribution in [3.8, 4) is 0 Å². The molecule has 192 valence electrons. The number of nitrogens with zero attached hydrogens (tertiary/aromatic N) is 2. The van der Waals surface area contributed by atoms with E-state index in [9.17, 15) is 25.2 Å². The van der Waals surface area contributed by atoms with Gasteiger partial charge in [-0.05, 0) is 12.8 Å². The number of halogens is 8. The molecule has 0 aromatic rings. The van der Waals surface area contributed by atoms with E-state index < -0.39 is 7.81 Å². The topological polar surface area (TPSA) is 3.24 Å². The Labute approximate surface area is 208 Å². The van der Waals surface area contributed by atoms with Crippen LogP contribution in [0.2, 0.25) is 0 Å². The first-order valence-corrected chi connectivity index (χ1v) is 19.9. The molecule has 3 saturated heterocycles. The maximum Gasteiger partial charge on any atom is 0 e. The second kappa shape index (κ2) is 14.7. The molecule has 11 heteroatoms. The molecule has 0 aromatic heterocycles.